The Labute approximate surface area is 108 Å². The van der Waals surface area contributed by atoms with Gasteiger partial charge in [0.1, 0.15) is 0 Å². The molecule has 18 heavy (non-hydrogen) atoms. The fraction of sp³-hybridized carbons (Fsp3) is 0.750. The molecule has 0 unspecified atom stereocenters. The first kappa shape index (κ1) is 12.9. The second-order valence-corrected chi connectivity index (χ2v) is 4.42. The van der Waals surface area contributed by atoms with Gasteiger partial charge in [-0.15, -0.1) is 0 Å². The van der Waals surface area contributed by atoms with Crippen molar-refractivity contribution in [2.45, 2.75) is 45.6 Å². The van der Waals surface area contributed by atoms with E-state index in [1.165, 1.54) is 19.3 Å². The highest BCUT2D eigenvalue weighted by Crippen LogP contribution is 2.22. The Balaban J connectivity index is 2.07. The third-order valence-electron chi connectivity index (χ3n) is 2.82. The molecule has 100 valence electrons. The Morgan fingerprint density at radius 2 is 1.94 bits per heavy atom. The van der Waals surface area contributed by atoms with Crippen molar-refractivity contribution in [3.63, 3.8) is 0 Å². The summed E-state index contributed by atoms with van der Waals surface area (Å²) in [7, 11) is 0. The second-order valence-electron chi connectivity index (χ2n) is 4.42. The molecule has 0 aliphatic heterocycles. The monoisotopic (exact) mass is 251 g/mol. The van der Waals surface area contributed by atoms with Gasteiger partial charge in [0.15, 0.2) is 0 Å². The van der Waals surface area contributed by atoms with E-state index in [2.05, 4.69) is 32.5 Å². The van der Waals surface area contributed by atoms with Crippen molar-refractivity contribution in [1.82, 2.24) is 15.0 Å². The molecule has 0 saturated heterocycles. The van der Waals surface area contributed by atoms with E-state index in [9.17, 15) is 0 Å². The van der Waals surface area contributed by atoms with E-state index in [0.29, 0.717) is 30.6 Å². The van der Waals surface area contributed by atoms with Gasteiger partial charge in [0.2, 0.25) is 11.9 Å². The van der Waals surface area contributed by atoms with E-state index < -0.39 is 0 Å². The Kier molecular flexibility index (Phi) is 4.55. The summed E-state index contributed by atoms with van der Waals surface area (Å²) in [5, 5.41) is 6.40. The molecule has 6 heteroatoms. The molecule has 1 aliphatic carbocycles. The molecule has 2 N–H and O–H groups in total. The summed E-state index contributed by atoms with van der Waals surface area (Å²) in [6.07, 6.45) is 4.59. The van der Waals surface area contributed by atoms with Crippen LogP contribution in [-0.4, -0.2) is 34.1 Å². The van der Waals surface area contributed by atoms with E-state index >= 15 is 0 Å². The van der Waals surface area contributed by atoms with E-state index in [1.807, 2.05) is 6.92 Å². The van der Waals surface area contributed by atoms with Gasteiger partial charge in [-0.25, -0.2) is 0 Å². The summed E-state index contributed by atoms with van der Waals surface area (Å²) >= 11 is 0. The van der Waals surface area contributed by atoms with Crippen LogP contribution in [0.2, 0.25) is 0 Å². The van der Waals surface area contributed by atoms with E-state index in [-0.39, 0.29) is 0 Å². The lowest BCUT2D eigenvalue weighted by Crippen LogP contribution is -2.28. The number of nitrogens with zero attached hydrogens (tertiary/aromatic N) is 3. The van der Waals surface area contributed by atoms with Crippen LogP contribution in [-0.2, 0) is 0 Å². The predicted octanol–water partition coefficient (Wildman–Crippen LogP) is 2.06. The summed E-state index contributed by atoms with van der Waals surface area (Å²) in [6, 6.07) is 0.894. The van der Waals surface area contributed by atoms with Crippen molar-refractivity contribution in [1.29, 1.82) is 0 Å². The summed E-state index contributed by atoms with van der Waals surface area (Å²) in [5.41, 5.74) is 0. The molecule has 0 amide bonds. The Bertz CT molecular complexity index is 381. The first-order valence-electron chi connectivity index (χ1n) is 6.71. The maximum Gasteiger partial charge on any atom is 0.323 e. The summed E-state index contributed by atoms with van der Waals surface area (Å²) in [5.74, 6) is 1.18. The fourth-order valence-electron chi connectivity index (χ4n) is 1.65. The third kappa shape index (κ3) is 3.45. The zero-order chi connectivity index (χ0) is 12.8. The molecule has 0 bridgehead atoms. The highest BCUT2D eigenvalue weighted by Gasteiger charge is 2.19. The van der Waals surface area contributed by atoms with Gasteiger partial charge < -0.3 is 15.4 Å². The molecule has 1 saturated carbocycles. The smallest absolute Gasteiger partial charge is 0.323 e. The summed E-state index contributed by atoms with van der Waals surface area (Å²) < 4.78 is 5.47. The molecule has 0 aromatic carbocycles. The van der Waals surface area contributed by atoms with Gasteiger partial charge in [-0.1, -0.05) is 6.92 Å². The topological polar surface area (TPSA) is 72.0 Å². The normalized spacial score (nSPS) is 15.0. The molecular weight excluding hydrogens is 230 g/mol. The molecule has 1 heterocycles. The minimum absolute atomic E-state index is 0.393. The second kappa shape index (κ2) is 6.37. The number of nitrogens with one attached hydrogen (secondary N) is 2. The van der Waals surface area contributed by atoms with Gasteiger partial charge in [-0.05, 0) is 32.6 Å². The molecule has 1 aromatic rings. The largest absolute Gasteiger partial charge is 0.463 e. The van der Waals surface area contributed by atoms with Crippen LogP contribution in [0.25, 0.3) is 0 Å². The van der Waals surface area contributed by atoms with Crippen LogP contribution in [0.3, 0.4) is 0 Å². The minimum Gasteiger partial charge on any atom is -0.463 e. The SMILES string of the molecule is CCCOc1nc(NCC)nc(NC2CCC2)n1. The number of hydrogen-bond acceptors (Lipinski definition) is 6. The van der Waals surface area contributed by atoms with Crippen LogP contribution in [0.4, 0.5) is 11.9 Å². The number of anilines is 2. The highest BCUT2D eigenvalue weighted by atomic mass is 16.5. The molecule has 0 atom stereocenters. The minimum atomic E-state index is 0.393. The van der Waals surface area contributed by atoms with Crippen molar-refractivity contribution in [2.75, 3.05) is 23.8 Å². The van der Waals surface area contributed by atoms with Gasteiger partial charge in [0.25, 0.3) is 0 Å². The van der Waals surface area contributed by atoms with Crippen molar-refractivity contribution in [3.8, 4) is 6.01 Å². The van der Waals surface area contributed by atoms with Crippen molar-refractivity contribution >= 4 is 11.9 Å². The van der Waals surface area contributed by atoms with E-state index in [4.69, 9.17) is 4.74 Å². The molecule has 0 spiro atoms. The van der Waals surface area contributed by atoms with Crippen molar-refractivity contribution < 1.29 is 4.74 Å². The standard InChI is InChI=1S/C12H21N5O/c1-3-8-18-12-16-10(13-4-2)15-11(17-12)14-9-6-5-7-9/h9H,3-8H2,1-2H3,(H2,13,14,15,16,17). The third-order valence-corrected chi connectivity index (χ3v) is 2.82. The quantitative estimate of drug-likeness (QED) is 0.773. The van der Waals surface area contributed by atoms with Crippen LogP contribution in [0.1, 0.15) is 39.5 Å². The zero-order valence-electron chi connectivity index (χ0n) is 11.1. The van der Waals surface area contributed by atoms with E-state index in [0.717, 1.165) is 13.0 Å². The average Bonchev–Trinajstić information content (AvgIpc) is 2.32. The van der Waals surface area contributed by atoms with Gasteiger partial charge in [-0.3, -0.25) is 0 Å². The van der Waals surface area contributed by atoms with Crippen LogP contribution < -0.4 is 15.4 Å². The Morgan fingerprint density at radius 3 is 2.56 bits per heavy atom. The number of aromatic nitrogens is 3. The average molecular weight is 251 g/mol. The van der Waals surface area contributed by atoms with Gasteiger partial charge in [-0.2, -0.15) is 15.0 Å². The van der Waals surface area contributed by atoms with Crippen LogP contribution >= 0.6 is 0 Å². The first-order valence-corrected chi connectivity index (χ1v) is 6.71. The molecule has 6 nitrogen and oxygen atoms in total. The van der Waals surface area contributed by atoms with E-state index in [1.54, 1.807) is 0 Å². The summed E-state index contributed by atoms with van der Waals surface area (Å²) in [6.45, 7) is 5.47. The lowest BCUT2D eigenvalue weighted by Gasteiger charge is -2.26. The molecule has 1 aliphatic rings. The van der Waals surface area contributed by atoms with Gasteiger partial charge in [0, 0.05) is 12.6 Å². The highest BCUT2D eigenvalue weighted by molar-refractivity contribution is 5.36. The van der Waals surface area contributed by atoms with Gasteiger partial charge >= 0.3 is 6.01 Å². The maximum absolute atomic E-state index is 5.47. The maximum atomic E-state index is 5.47. The number of rotatable bonds is 7. The number of ether oxygens (including phenoxy) is 1. The molecule has 1 fully saturated rings. The van der Waals surface area contributed by atoms with Crippen molar-refractivity contribution in [2.24, 2.45) is 0 Å². The number of hydrogen-bond donors (Lipinski definition) is 2. The van der Waals surface area contributed by atoms with Crippen LogP contribution in [0.5, 0.6) is 6.01 Å². The Hall–Kier alpha value is -1.59. The van der Waals surface area contributed by atoms with Crippen LogP contribution in [0.15, 0.2) is 0 Å². The molecule has 1 aromatic heterocycles. The zero-order valence-corrected chi connectivity index (χ0v) is 11.1. The molecule has 0 radical (unpaired) electrons. The Morgan fingerprint density at radius 1 is 1.17 bits per heavy atom. The fourth-order valence-corrected chi connectivity index (χ4v) is 1.65. The predicted molar refractivity (Wildman–Crippen MR) is 71.0 cm³/mol. The molecule has 2 rings (SSSR count). The lowest BCUT2D eigenvalue weighted by atomic mass is 9.93. The summed E-state index contributed by atoms with van der Waals surface area (Å²) in [4.78, 5) is 12.8. The van der Waals surface area contributed by atoms with Crippen LogP contribution in [0, 0.1) is 0 Å². The van der Waals surface area contributed by atoms with Gasteiger partial charge in [0.05, 0.1) is 6.61 Å². The molecular formula is C12H21N5O. The first-order chi connectivity index (χ1) is 8.81. The van der Waals surface area contributed by atoms with Crippen molar-refractivity contribution in [3.05, 3.63) is 0 Å². The lowest BCUT2D eigenvalue weighted by molar-refractivity contribution is 0.292.